The molecule has 0 fully saturated rings. The van der Waals surface area contributed by atoms with Gasteiger partial charge in [-0.05, 0) is 61.4 Å². The van der Waals surface area contributed by atoms with Crippen LogP contribution in [0.5, 0.6) is 5.75 Å². The average Bonchev–Trinajstić information content (AvgIpc) is 3.04. The number of hydrogen-bond donors (Lipinski definition) is 1. The lowest BCUT2D eigenvalue weighted by atomic mass is 9.97. The molecule has 0 aliphatic rings. The number of methoxy groups -OCH3 is 1. The summed E-state index contributed by atoms with van der Waals surface area (Å²) in [5.41, 5.74) is 2.05. The second-order valence-electron chi connectivity index (χ2n) is 6.82. The maximum absolute atomic E-state index is 13.2. The van der Waals surface area contributed by atoms with Gasteiger partial charge in [0.15, 0.2) is 0 Å². The summed E-state index contributed by atoms with van der Waals surface area (Å²) in [6.45, 7) is 5.29. The summed E-state index contributed by atoms with van der Waals surface area (Å²) in [4.78, 5) is 28.5. The van der Waals surface area contributed by atoms with Crippen LogP contribution in [0, 0.1) is 25.2 Å². The Labute approximate surface area is 174 Å². The van der Waals surface area contributed by atoms with Gasteiger partial charge in [0.1, 0.15) is 17.4 Å². The van der Waals surface area contributed by atoms with Crippen LogP contribution in [-0.4, -0.2) is 30.5 Å². The molecule has 0 bridgehead atoms. The third kappa shape index (κ3) is 3.96. The first kappa shape index (κ1) is 20.9. The number of allylic oxidation sites excluding steroid dienone is 1. The number of benzene rings is 2. The van der Waals surface area contributed by atoms with Crippen LogP contribution in [0.4, 0.5) is 0 Å². The molecule has 6 nitrogen and oxygen atoms in total. The Morgan fingerprint density at radius 2 is 1.73 bits per heavy atom. The molecular weight excluding hydrogens is 380 g/mol. The molecule has 0 radical (unpaired) electrons. The third-order valence-electron chi connectivity index (χ3n) is 4.83. The number of rotatable bonds is 6. The molecule has 3 aromatic rings. The van der Waals surface area contributed by atoms with Crippen LogP contribution in [0.3, 0.4) is 0 Å². The maximum Gasteiger partial charge on any atom is 0.340 e. The number of ketones is 1. The molecule has 1 N–H and O–H groups in total. The lowest BCUT2D eigenvalue weighted by molar-refractivity contribution is 0.0523. The molecular formula is C24H22N2O4. The van der Waals surface area contributed by atoms with Gasteiger partial charge in [-0.15, -0.1) is 0 Å². The summed E-state index contributed by atoms with van der Waals surface area (Å²) < 4.78 is 10.3. The van der Waals surface area contributed by atoms with Crippen molar-refractivity contribution >= 4 is 28.6 Å². The van der Waals surface area contributed by atoms with E-state index in [-0.39, 0.29) is 23.3 Å². The highest BCUT2D eigenvalue weighted by atomic mass is 16.5. The normalized spacial score (nSPS) is 11.2. The fourth-order valence-electron chi connectivity index (χ4n) is 3.43. The third-order valence-corrected chi connectivity index (χ3v) is 4.83. The zero-order chi connectivity index (χ0) is 21.8. The van der Waals surface area contributed by atoms with Crippen molar-refractivity contribution in [1.82, 2.24) is 4.98 Å². The molecule has 3 rings (SSSR count). The van der Waals surface area contributed by atoms with Crippen LogP contribution >= 0.6 is 0 Å². The van der Waals surface area contributed by atoms with E-state index in [2.05, 4.69) is 4.98 Å². The van der Waals surface area contributed by atoms with E-state index >= 15 is 0 Å². The first-order valence-electron chi connectivity index (χ1n) is 9.50. The van der Waals surface area contributed by atoms with Gasteiger partial charge in [-0.25, -0.2) is 4.79 Å². The number of esters is 1. The summed E-state index contributed by atoms with van der Waals surface area (Å²) >= 11 is 0. The fourth-order valence-corrected chi connectivity index (χ4v) is 3.43. The van der Waals surface area contributed by atoms with Gasteiger partial charge in [0.2, 0.25) is 5.78 Å². The van der Waals surface area contributed by atoms with Gasteiger partial charge >= 0.3 is 5.97 Å². The second kappa shape index (κ2) is 8.66. The molecule has 152 valence electrons. The number of hydrogen-bond acceptors (Lipinski definition) is 5. The van der Waals surface area contributed by atoms with Gasteiger partial charge in [0.25, 0.3) is 0 Å². The molecule has 0 aliphatic carbocycles. The molecule has 0 amide bonds. The highest BCUT2D eigenvalue weighted by molar-refractivity contribution is 6.19. The second-order valence-corrected chi connectivity index (χ2v) is 6.82. The molecule has 0 saturated heterocycles. The number of aryl methyl sites for hydroxylation is 2. The van der Waals surface area contributed by atoms with E-state index in [0.717, 1.165) is 16.5 Å². The van der Waals surface area contributed by atoms with Crippen LogP contribution in [0.1, 0.15) is 44.6 Å². The van der Waals surface area contributed by atoms with Crippen LogP contribution in [0.25, 0.3) is 16.8 Å². The van der Waals surface area contributed by atoms with Gasteiger partial charge < -0.3 is 14.5 Å². The molecule has 0 spiro atoms. The summed E-state index contributed by atoms with van der Waals surface area (Å²) in [6, 6.07) is 13.3. The maximum atomic E-state index is 13.2. The monoisotopic (exact) mass is 402 g/mol. The van der Waals surface area contributed by atoms with Crippen LogP contribution < -0.4 is 4.74 Å². The van der Waals surface area contributed by atoms with Crippen molar-refractivity contribution in [3.05, 3.63) is 70.0 Å². The van der Waals surface area contributed by atoms with E-state index in [1.165, 1.54) is 6.08 Å². The Morgan fingerprint density at radius 1 is 1.07 bits per heavy atom. The number of fused-ring (bicyclic) bond motifs is 1. The van der Waals surface area contributed by atoms with Crippen LogP contribution in [-0.2, 0) is 4.74 Å². The summed E-state index contributed by atoms with van der Waals surface area (Å²) in [6.07, 6.45) is 1.53. The zero-order valence-corrected chi connectivity index (χ0v) is 17.3. The number of carbonyl (C=O) groups is 2. The molecule has 1 aromatic heterocycles. The quantitative estimate of drug-likeness (QED) is 0.278. The molecule has 0 unspecified atom stereocenters. The smallest absolute Gasteiger partial charge is 0.340 e. The van der Waals surface area contributed by atoms with E-state index in [1.807, 2.05) is 42.5 Å². The van der Waals surface area contributed by atoms with Crippen molar-refractivity contribution in [2.75, 3.05) is 13.7 Å². The molecule has 0 aliphatic heterocycles. The lowest BCUT2D eigenvalue weighted by Gasteiger charge is -2.06. The Bertz CT molecular complexity index is 1210. The first-order chi connectivity index (χ1) is 14.4. The minimum Gasteiger partial charge on any atom is -0.497 e. The number of nitrogens with zero attached hydrogens (tertiary/aromatic N) is 1. The number of nitriles is 1. The van der Waals surface area contributed by atoms with Gasteiger partial charge in [0, 0.05) is 11.4 Å². The standard InChI is InChI=1S/C24H22N2O4/c1-5-30-24(28)22-15(3)26-14(2)21(22)23(27)19(13-25)11-16-6-7-18-12-20(29-4)9-8-17(18)10-16/h6-12,26H,5H2,1-4H3/b19-11+. The van der Waals surface area contributed by atoms with Crippen molar-refractivity contribution < 1.29 is 19.1 Å². The van der Waals surface area contributed by atoms with Crippen LogP contribution in [0.15, 0.2) is 42.0 Å². The fraction of sp³-hybridized carbons (Fsp3) is 0.208. The zero-order valence-electron chi connectivity index (χ0n) is 17.3. The van der Waals surface area contributed by atoms with E-state index in [1.54, 1.807) is 27.9 Å². The van der Waals surface area contributed by atoms with E-state index in [0.29, 0.717) is 17.0 Å². The van der Waals surface area contributed by atoms with Crippen molar-refractivity contribution in [1.29, 1.82) is 5.26 Å². The number of Topliss-reactive ketones (excluding diaryl/α,β-unsaturated/α-hetero) is 1. The highest BCUT2D eigenvalue weighted by Gasteiger charge is 2.27. The Kier molecular flexibility index (Phi) is 6.03. The van der Waals surface area contributed by atoms with Gasteiger partial charge in [-0.2, -0.15) is 5.26 Å². The van der Waals surface area contributed by atoms with Crippen molar-refractivity contribution in [2.24, 2.45) is 0 Å². The summed E-state index contributed by atoms with van der Waals surface area (Å²) in [7, 11) is 1.61. The first-order valence-corrected chi connectivity index (χ1v) is 9.50. The topological polar surface area (TPSA) is 92.2 Å². The summed E-state index contributed by atoms with van der Waals surface area (Å²) in [5.74, 6) is -0.347. The van der Waals surface area contributed by atoms with E-state index < -0.39 is 11.8 Å². The molecule has 0 saturated carbocycles. The Hall–Kier alpha value is -3.85. The van der Waals surface area contributed by atoms with Crippen molar-refractivity contribution in [3.8, 4) is 11.8 Å². The van der Waals surface area contributed by atoms with Crippen molar-refractivity contribution in [2.45, 2.75) is 20.8 Å². The number of aromatic amines is 1. The number of aromatic nitrogens is 1. The van der Waals surface area contributed by atoms with Gasteiger partial charge in [-0.1, -0.05) is 18.2 Å². The molecule has 30 heavy (non-hydrogen) atoms. The molecule has 6 heteroatoms. The number of ether oxygens (including phenoxy) is 2. The predicted octanol–water partition coefficient (Wildman–Crippen LogP) is 4.76. The van der Waals surface area contributed by atoms with Gasteiger partial charge in [-0.3, -0.25) is 4.79 Å². The highest BCUT2D eigenvalue weighted by Crippen LogP contribution is 2.26. The molecule has 0 atom stereocenters. The SMILES string of the molecule is CCOC(=O)c1c(C)[nH]c(C)c1C(=O)/C(C#N)=C/c1ccc2cc(OC)ccc2c1. The van der Waals surface area contributed by atoms with Crippen LogP contribution in [0.2, 0.25) is 0 Å². The number of nitrogens with one attached hydrogen (secondary N) is 1. The Morgan fingerprint density at radius 3 is 2.40 bits per heavy atom. The Balaban J connectivity index is 2.03. The predicted molar refractivity (Wildman–Crippen MR) is 115 cm³/mol. The van der Waals surface area contributed by atoms with Gasteiger partial charge in [0.05, 0.1) is 24.8 Å². The lowest BCUT2D eigenvalue weighted by Crippen LogP contribution is -2.13. The molecule has 1 heterocycles. The van der Waals surface area contributed by atoms with E-state index in [4.69, 9.17) is 9.47 Å². The number of carbonyl (C=O) groups excluding carboxylic acids is 2. The minimum atomic E-state index is -0.584. The number of H-pyrrole nitrogens is 1. The largest absolute Gasteiger partial charge is 0.497 e. The summed E-state index contributed by atoms with van der Waals surface area (Å²) in [5, 5.41) is 11.6. The van der Waals surface area contributed by atoms with Crippen molar-refractivity contribution in [3.63, 3.8) is 0 Å². The van der Waals surface area contributed by atoms with E-state index in [9.17, 15) is 14.9 Å². The minimum absolute atomic E-state index is 0.0597. The molecule has 2 aromatic carbocycles. The average molecular weight is 402 g/mol.